The van der Waals surface area contributed by atoms with Gasteiger partial charge in [-0.1, -0.05) is 6.07 Å². The van der Waals surface area contributed by atoms with Crippen molar-refractivity contribution >= 4 is 5.97 Å². The molecule has 0 aliphatic heterocycles. The maximum atomic E-state index is 10.3. The lowest BCUT2D eigenvalue weighted by Gasteiger charge is -2.10. The zero-order valence-electron chi connectivity index (χ0n) is 7.40. The molecular weight excluding hydrogens is 168 g/mol. The Morgan fingerprint density at radius 1 is 1.69 bits per heavy atom. The summed E-state index contributed by atoms with van der Waals surface area (Å²) in [7, 11) is 0. The highest BCUT2D eigenvalue weighted by molar-refractivity contribution is 5.69. The first-order valence-corrected chi connectivity index (χ1v) is 4.06. The Morgan fingerprint density at radius 2 is 2.46 bits per heavy atom. The first-order valence-electron chi connectivity index (χ1n) is 4.06. The van der Waals surface area contributed by atoms with Crippen LogP contribution in [0.4, 0.5) is 0 Å². The number of hydrogen-bond acceptors (Lipinski definition) is 3. The van der Waals surface area contributed by atoms with Crippen molar-refractivity contribution in [2.45, 2.75) is 13.0 Å². The number of aromatic nitrogens is 1. The van der Waals surface area contributed by atoms with Crippen molar-refractivity contribution in [3.8, 4) is 0 Å². The van der Waals surface area contributed by atoms with Gasteiger partial charge in [0.15, 0.2) is 0 Å². The van der Waals surface area contributed by atoms with Gasteiger partial charge in [0, 0.05) is 12.2 Å². The molecule has 1 aromatic rings. The second-order valence-electron chi connectivity index (χ2n) is 2.75. The van der Waals surface area contributed by atoms with Crippen LogP contribution < -0.4 is 5.32 Å². The normalized spacial score (nSPS) is 12.4. The minimum Gasteiger partial charge on any atom is -0.480 e. The molecule has 1 atom stereocenters. The van der Waals surface area contributed by atoms with E-state index in [0.717, 1.165) is 5.69 Å². The summed E-state index contributed by atoms with van der Waals surface area (Å²) in [5, 5.41) is 11.3. The van der Waals surface area contributed by atoms with Gasteiger partial charge in [-0.05, 0) is 19.1 Å². The van der Waals surface area contributed by atoms with E-state index in [4.69, 9.17) is 5.11 Å². The molecule has 0 aromatic carbocycles. The summed E-state index contributed by atoms with van der Waals surface area (Å²) in [6.07, 6.45) is 1.69. The SMILES string of the molecule is CC(NCC(=O)O)c1ccccn1. The van der Waals surface area contributed by atoms with E-state index in [2.05, 4.69) is 10.3 Å². The van der Waals surface area contributed by atoms with E-state index in [1.165, 1.54) is 0 Å². The van der Waals surface area contributed by atoms with E-state index in [-0.39, 0.29) is 12.6 Å². The summed E-state index contributed by atoms with van der Waals surface area (Å²) < 4.78 is 0. The van der Waals surface area contributed by atoms with Crippen LogP contribution in [0.5, 0.6) is 0 Å². The van der Waals surface area contributed by atoms with Crippen molar-refractivity contribution in [2.75, 3.05) is 6.54 Å². The number of carbonyl (C=O) groups is 1. The average molecular weight is 180 g/mol. The number of pyridine rings is 1. The highest BCUT2D eigenvalue weighted by atomic mass is 16.4. The van der Waals surface area contributed by atoms with Crippen LogP contribution in [-0.4, -0.2) is 22.6 Å². The monoisotopic (exact) mass is 180 g/mol. The predicted octanol–water partition coefficient (Wildman–Crippen LogP) is 0.817. The number of aliphatic carboxylic acids is 1. The molecule has 0 saturated carbocycles. The van der Waals surface area contributed by atoms with Crippen LogP contribution in [0.1, 0.15) is 18.7 Å². The number of nitrogens with one attached hydrogen (secondary N) is 1. The second-order valence-corrected chi connectivity index (χ2v) is 2.75. The van der Waals surface area contributed by atoms with Crippen molar-refractivity contribution < 1.29 is 9.90 Å². The molecule has 0 bridgehead atoms. The standard InChI is InChI=1S/C9H12N2O2/c1-7(11-6-9(12)13)8-4-2-3-5-10-8/h2-5,7,11H,6H2,1H3,(H,12,13). The van der Waals surface area contributed by atoms with Crippen molar-refractivity contribution in [1.29, 1.82) is 0 Å². The maximum Gasteiger partial charge on any atom is 0.317 e. The van der Waals surface area contributed by atoms with E-state index in [0.29, 0.717) is 0 Å². The van der Waals surface area contributed by atoms with Crippen molar-refractivity contribution in [2.24, 2.45) is 0 Å². The number of hydrogen-bond donors (Lipinski definition) is 2. The Morgan fingerprint density at radius 3 is 3.00 bits per heavy atom. The minimum absolute atomic E-state index is 0.0303. The van der Waals surface area contributed by atoms with Gasteiger partial charge in [0.1, 0.15) is 0 Å². The molecule has 70 valence electrons. The van der Waals surface area contributed by atoms with Crippen LogP contribution in [0.25, 0.3) is 0 Å². The fraction of sp³-hybridized carbons (Fsp3) is 0.333. The van der Waals surface area contributed by atoms with E-state index < -0.39 is 5.97 Å². The molecule has 0 saturated heterocycles. The summed E-state index contributed by atoms with van der Waals surface area (Å²) in [4.78, 5) is 14.4. The molecule has 0 spiro atoms. The largest absolute Gasteiger partial charge is 0.480 e. The van der Waals surface area contributed by atoms with Gasteiger partial charge < -0.3 is 5.11 Å². The third-order valence-electron chi connectivity index (χ3n) is 1.69. The van der Waals surface area contributed by atoms with Crippen LogP contribution >= 0.6 is 0 Å². The Balaban J connectivity index is 2.49. The van der Waals surface area contributed by atoms with Crippen LogP contribution in [0.15, 0.2) is 24.4 Å². The zero-order valence-corrected chi connectivity index (χ0v) is 7.40. The smallest absolute Gasteiger partial charge is 0.317 e. The van der Waals surface area contributed by atoms with Crippen LogP contribution in [0.2, 0.25) is 0 Å². The zero-order chi connectivity index (χ0) is 9.68. The van der Waals surface area contributed by atoms with Gasteiger partial charge in [-0.15, -0.1) is 0 Å². The number of carboxylic acid groups (broad SMARTS) is 1. The quantitative estimate of drug-likeness (QED) is 0.720. The molecule has 0 aliphatic rings. The molecule has 0 amide bonds. The highest BCUT2D eigenvalue weighted by Crippen LogP contribution is 2.06. The first-order chi connectivity index (χ1) is 6.20. The lowest BCUT2D eigenvalue weighted by molar-refractivity contribution is -0.136. The summed E-state index contributed by atoms with van der Waals surface area (Å²) in [6, 6.07) is 5.53. The van der Waals surface area contributed by atoms with Crippen molar-refractivity contribution in [3.63, 3.8) is 0 Å². The molecule has 0 fully saturated rings. The van der Waals surface area contributed by atoms with Gasteiger partial charge in [-0.3, -0.25) is 15.1 Å². The maximum absolute atomic E-state index is 10.3. The molecule has 2 N–H and O–H groups in total. The fourth-order valence-corrected chi connectivity index (χ4v) is 0.977. The van der Waals surface area contributed by atoms with E-state index in [1.54, 1.807) is 6.20 Å². The molecule has 4 heteroatoms. The molecule has 1 heterocycles. The Kier molecular flexibility index (Phi) is 3.40. The molecule has 1 rings (SSSR count). The molecule has 1 unspecified atom stereocenters. The first kappa shape index (κ1) is 9.67. The summed E-state index contributed by atoms with van der Waals surface area (Å²) in [6.45, 7) is 1.84. The van der Waals surface area contributed by atoms with Crippen LogP contribution in [0, 0.1) is 0 Å². The topological polar surface area (TPSA) is 62.2 Å². The van der Waals surface area contributed by atoms with Gasteiger partial charge in [0.05, 0.1) is 12.2 Å². The molecule has 0 aliphatic carbocycles. The summed E-state index contributed by atoms with van der Waals surface area (Å²) in [5.41, 5.74) is 0.851. The molecule has 4 nitrogen and oxygen atoms in total. The molecular formula is C9H12N2O2. The predicted molar refractivity (Wildman–Crippen MR) is 48.3 cm³/mol. The van der Waals surface area contributed by atoms with Crippen molar-refractivity contribution in [1.82, 2.24) is 10.3 Å². The summed E-state index contributed by atoms with van der Waals surface area (Å²) in [5.74, 6) is -0.859. The van der Waals surface area contributed by atoms with E-state index >= 15 is 0 Å². The lowest BCUT2D eigenvalue weighted by atomic mass is 10.2. The fourth-order valence-electron chi connectivity index (χ4n) is 0.977. The van der Waals surface area contributed by atoms with Gasteiger partial charge in [0.2, 0.25) is 0 Å². The second kappa shape index (κ2) is 4.57. The lowest BCUT2D eigenvalue weighted by Crippen LogP contribution is -2.26. The van der Waals surface area contributed by atoms with Gasteiger partial charge >= 0.3 is 5.97 Å². The number of nitrogens with zero attached hydrogens (tertiary/aromatic N) is 1. The number of carboxylic acids is 1. The van der Waals surface area contributed by atoms with Gasteiger partial charge in [-0.2, -0.15) is 0 Å². The number of rotatable bonds is 4. The molecule has 1 aromatic heterocycles. The third kappa shape index (κ3) is 3.21. The molecule has 0 radical (unpaired) electrons. The van der Waals surface area contributed by atoms with Crippen LogP contribution in [0.3, 0.4) is 0 Å². The Hall–Kier alpha value is -1.42. The van der Waals surface area contributed by atoms with E-state index in [9.17, 15) is 4.79 Å². The van der Waals surface area contributed by atoms with Gasteiger partial charge in [-0.25, -0.2) is 0 Å². The van der Waals surface area contributed by atoms with Crippen LogP contribution in [-0.2, 0) is 4.79 Å². The molecule has 13 heavy (non-hydrogen) atoms. The minimum atomic E-state index is -0.859. The van der Waals surface area contributed by atoms with Gasteiger partial charge in [0.25, 0.3) is 0 Å². The Labute approximate surface area is 76.6 Å². The average Bonchev–Trinajstić information content (AvgIpc) is 2.15. The van der Waals surface area contributed by atoms with Crippen molar-refractivity contribution in [3.05, 3.63) is 30.1 Å². The summed E-state index contributed by atoms with van der Waals surface area (Å²) >= 11 is 0. The van der Waals surface area contributed by atoms with E-state index in [1.807, 2.05) is 25.1 Å². The Bertz CT molecular complexity index is 274. The third-order valence-corrected chi connectivity index (χ3v) is 1.69. The highest BCUT2D eigenvalue weighted by Gasteiger charge is 2.06.